The molecule has 0 radical (unpaired) electrons. The van der Waals surface area contributed by atoms with E-state index in [1.807, 2.05) is 13.8 Å². The fourth-order valence-corrected chi connectivity index (χ4v) is 1.53. The van der Waals surface area contributed by atoms with Crippen molar-refractivity contribution in [2.45, 2.75) is 26.7 Å². The van der Waals surface area contributed by atoms with Crippen LogP contribution in [0.4, 0.5) is 5.69 Å². The van der Waals surface area contributed by atoms with Gasteiger partial charge in [0.25, 0.3) is 0 Å². The summed E-state index contributed by atoms with van der Waals surface area (Å²) in [4.78, 5) is 11.8. The SMILES string of the molecule is CCC(C)CC(=O)Nc1ccccc1/C(N)=N/O. The molecule has 0 spiro atoms. The molecule has 1 aromatic carbocycles. The number of para-hydroxylation sites is 1. The van der Waals surface area contributed by atoms with Crippen LogP contribution in [0.25, 0.3) is 0 Å². The highest BCUT2D eigenvalue weighted by Gasteiger charge is 2.11. The fourth-order valence-electron chi connectivity index (χ4n) is 1.53. The van der Waals surface area contributed by atoms with E-state index in [0.29, 0.717) is 23.6 Å². The van der Waals surface area contributed by atoms with Gasteiger partial charge in [-0.2, -0.15) is 0 Å². The van der Waals surface area contributed by atoms with Crippen molar-refractivity contribution in [1.29, 1.82) is 0 Å². The van der Waals surface area contributed by atoms with Gasteiger partial charge in [-0.15, -0.1) is 0 Å². The van der Waals surface area contributed by atoms with Gasteiger partial charge in [-0.05, 0) is 18.1 Å². The fraction of sp³-hybridized carbons (Fsp3) is 0.385. The van der Waals surface area contributed by atoms with Crippen LogP contribution in [0.3, 0.4) is 0 Å². The summed E-state index contributed by atoms with van der Waals surface area (Å²) in [6, 6.07) is 6.96. The lowest BCUT2D eigenvalue weighted by Crippen LogP contribution is -2.20. The zero-order chi connectivity index (χ0) is 13.5. The number of benzene rings is 1. The summed E-state index contributed by atoms with van der Waals surface area (Å²) in [5.41, 5.74) is 6.62. The van der Waals surface area contributed by atoms with Gasteiger partial charge in [0, 0.05) is 12.0 Å². The summed E-state index contributed by atoms with van der Waals surface area (Å²) < 4.78 is 0. The van der Waals surface area contributed by atoms with Gasteiger partial charge in [-0.3, -0.25) is 4.79 Å². The number of hydrogen-bond acceptors (Lipinski definition) is 3. The van der Waals surface area contributed by atoms with E-state index in [1.165, 1.54) is 0 Å². The largest absolute Gasteiger partial charge is 0.409 e. The van der Waals surface area contributed by atoms with Crippen LogP contribution in [0.1, 0.15) is 32.3 Å². The maximum atomic E-state index is 11.8. The number of carbonyl (C=O) groups excluding carboxylic acids is 1. The van der Waals surface area contributed by atoms with Gasteiger partial charge in [0.1, 0.15) is 0 Å². The number of rotatable bonds is 5. The Labute approximate surface area is 107 Å². The number of nitrogens with one attached hydrogen (secondary N) is 1. The molecule has 1 aromatic rings. The average Bonchev–Trinajstić information content (AvgIpc) is 2.38. The lowest BCUT2D eigenvalue weighted by molar-refractivity contribution is -0.117. The number of nitrogens with zero attached hydrogens (tertiary/aromatic N) is 1. The van der Waals surface area contributed by atoms with Gasteiger partial charge in [0.05, 0.1) is 5.69 Å². The van der Waals surface area contributed by atoms with Crippen molar-refractivity contribution in [1.82, 2.24) is 0 Å². The molecular formula is C13H19N3O2. The molecule has 4 N–H and O–H groups in total. The third-order valence-corrected chi connectivity index (χ3v) is 2.82. The lowest BCUT2D eigenvalue weighted by atomic mass is 10.0. The Hall–Kier alpha value is -2.04. The minimum Gasteiger partial charge on any atom is -0.409 e. The molecule has 1 atom stereocenters. The van der Waals surface area contributed by atoms with Crippen LogP contribution in [0.5, 0.6) is 0 Å². The van der Waals surface area contributed by atoms with Gasteiger partial charge < -0.3 is 16.3 Å². The number of hydrogen-bond donors (Lipinski definition) is 3. The molecule has 0 bridgehead atoms. The molecule has 5 heteroatoms. The zero-order valence-corrected chi connectivity index (χ0v) is 10.7. The third-order valence-electron chi connectivity index (χ3n) is 2.82. The molecule has 0 aromatic heterocycles. The Morgan fingerprint density at radius 2 is 2.17 bits per heavy atom. The number of amides is 1. The van der Waals surface area contributed by atoms with E-state index in [0.717, 1.165) is 6.42 Å². The van der Waals surface area contributed by atoms with Crippen LogP contribution in [0, 0.1) is 5.92 Å². The first-order chi connectivity index (χ1) is 8.58. The van der Waals surface area contributed by atoms with E-state index < -0.39 is 0 Å². The van der Waals surface area contributed by atoms with E-state index >= 15 is 0 Å². The van der Waals surface area contributed by atoms with Gasteiger partial charge >= 0.3 is 0 Å². The van der Waals surface area contributed by atoms with Gasteiger partial charge in [0.15, 0.2) is 5.84 Å². The number of nitrogens with two attached hydrogens (primary N) is 1. The highest BCUT2D eigenvalue weighted by Crippen LogP contribution is 2.16. The Morgan fingerprint density at radius 1 is 1.50 bits per heavy atom. The van der Waals surface area contributed by atoms with Crippen molar-refractivity contribution >= 4 is 17.4 Å². The summed E-state index contributed by atoms with van der Waals surface area (Å²) in [6.45, 7) is 4.07. The Balaban J connectivity index is 2.81. The van der Waals surface area contributed by atoms with Gasteiger partial charge in [0.2, 0.25) is 5.91 Å². The molecule has 0 aliphatic carbocycles. The molecular weight excluding hydrogens is 230 g/mol. The molecule has 1 unspecified atom stereocenters. The first-order valence-corrected chi connectivity index (χ1v) is 5.95. The quantitative estimate of drug-likeness (QED) is 0.323. The molecule has 0 heterocycles. The van der Waals surface area contributed by atoms with Crippen LogP contribution in [-0.4, -0.2) is 17.0 Å². The van der Waals surface area contributed by atoms with E-state index in [9.17, 15) is 4.79 Å². The Kier molecular flexibility index (Phi) is 5.17. The van der Waals surface area contributed by atoms with Crippen LogP contribution in [0.2, 0.25) is 0 Å². The number of anilines is 1. The van der Waals surface area contributed by atoms with Gasteiger partial charge in [-0.25, -0.2) is 0 Å². The number of carbonyl (C=O) groups is 1. The van der Waals surface area contributed by atoms with Crippen molar-refractivity contribution in [3.8, 4) is 0 Å². The van der Waals surface area contributed by atoms with Crippen molar-refractivity contribution in [3.63, 3.8) is 0 Å². The predicted octanol–water partition coefficient (Wildman–Crippen LogP) is 2.16. The van der Waals surface area contributed by atoms with Crippen molar-refractivity contribution in [2.75, 3.05) is 5.32 Å². The molecule has 0 fully saturated rings. The molecule has 0 aliphatic heterocycles. The topological polar surface area (TPSA) is 87.7 Å². The Bertz CT molecular complexity index is 444. The minimum absolute atomic E-state index is 0.0190. The van der Waals surface area contributed by atoms with Crippen molar-refractivity contribution < 1.29 is 10.0 Å². The number of oxime groups is 1. The highest BCUT2D eigenvalue weighted by atomic mass is 16.4. The first kappa shape index (κ1) is 14.0. The third kappa shape index (κ3) is 3.76. The molecule has 1 rings (SSSR count). The predicted molar refractivity (Wildman–Crippen MR) is 71.7 cm³/mol. The van der Waals surface area contributed by atoms with E-state index in [1.54, 1.807) is 24.3 Å². The second-order valence-corrected chi connectivity index (χ2v) is 4.30. The van der Waals surface area contributed by atoms with E-state index in [2.05, 4.69) is 10.5 Å². The maximum Gasteiger partial charge on any atom is 0.224 e. The summed E-state index contributed by atoms with van der Waals surface area (Å²) in [5, 5.41) is 14.4. The molecule has 0 aliphatic rings. The molecule has 0 saturated heterocycles. The monoisotopic (exact) mass is 249 g/mol. The van der Waals surface area contributed by atoms with Crippen LogP contribution in [0.15, 0.2) is 29.4 Å². The van der Waals surface area contributed by atoms with E-state index in [4.69, 9.17) is 10.9 Å². The summed E-state index contributed by atoms with van der Waals surface area (Å²) in [7, 11) is 0. The molecule has 98 valence electrons. The van der Waals surface area contributed by atoms with Gasteiger partial charge in [-0.1, -0.05) is 37.6 Å². The molecule has 5 nitrogen and oxygen atoms in total. The van der Waals surface area contributed by atoms with Crippen molar-refractivity contribution in [2.24, 2.45) is 16.8 Å². The second-order valence-electron chi connectivity index (χ2n) is 4.30. The lowest BCUT2D eigenvalue weighted by Gasteiger charge is -2.12. The molecule has 0 saturated carbocycles. The summed E-state index contributed by atoms with van der Waals surface area (Å²) >= 11 is 0. The Morgan fingerprint density at radius 3 is 2.78 bits per heavy atom. The molecule has 1 amide bonds. The average molecular weight is 249 g/mol. The standard InChI is InChI=1S/C13H19N3O2/c1-3-9(2)8-12(17)15-11-7-5-4-6-10(11)13(14)16-18/h4-7,9,18H,3,8H2,1-2H3,(H2,14,16)(H,15,17). The van der Waals surface area contributed by atoms with E-state index in [-0.39, 0.29) is 11.7 Å². The number of amidine groups is 1. The summed E-state index contributed by atoms with van der Waals surface area (Å²) in [6.07, 6.45) is 1.41. The summed E-state index contributed by atoms with van der Waals surface area (Å²) in [5.74, 6) is 0.248. The normalized spacial score (nSPS) is 13.1. The van der Waals surface area contributed by atoms with Crippen LogP contribution >= 0.6 is 0 Å². The smallest absolute Gasteiger partial charge is 0.224 e. The highest BCUT2D eigenvalue weighted by molar-refractivity contribution is 6.05. The first-order valence-electron chi connectivity index (χ1n) is 5.95. The maximum absolute atomic E-state index is 11.8. The van der Waals surface area contributed by atoms with Crippen LogP contribution < -0.4 is 11.1 Å². The zero-order valence-electron chi connectivity index (χ0n) is 10.7. The minimum atomic E-state index is -0.0671. The second kappa shape index (κ2) is 6.64. The van der Waals surface area contributed by atoms with Crippen LogP contribution in [-0.2, 0) is 4.79 Å². The van der Waals surface area contributed by atoms with Crippen molar-refractivity contribution in [3.05, 3.63) is 29.8 Å². The molecule has 18 heavy (non-hydrogen) atoms.